The molecule has 12 aromatic carbocycles. The van der Waals surface area contributed by atoms with Crippen LogP contribution in [0.15, 0.2) is 251 Å². The third kappa shape index (κ3) is 15.8. The minimum Gasteiger partial charge on any atom is -0.494 e. The van der Waals surface area contributed by atoms with E-state index >= 15 is 0 Å². The Morgan fingerprint density at radius 2 is 0.686 bits per heavy atom. The van der Waals surface area contributed by atoms with Gasteiger partial charge in [-0.1, -0.05) is 225 Å². The van der Waals surface area contributed by atoms with Crippen molar-refractivity contribution in [1.29, 1.82) is 0 Å². The van der Waals surface area contributed by atoms with Crippen LogP contribution in [0.2, 0.25) is 0 Å². The smallest absolute Gasteiger partial charge is 0.162 e. The quantitative estimate of drug-likeness (QED) is 0.108. The number of ketones is 4. The summed E-state index contributed by atoms with van der Waals surface area (Å²) in [6, 6.07) is 78.7. The SMILES string of the molecule is CCOc1cc(C2Nc3ccc4ccccc4c3C3=C2C(=O)CC(C)(C)C3)cc(I)c1C.CN(C)c1ccc(C2Nc3ccc4ccccc4c3C3=C2C(=O)CC(C)(C)C3)cc1.CN(C)c1ccc(C2Nc3ccc4ccccc4c3C3=C2C(=O)CC(C)(C)C3)cc1Br.Cc1ccc(C2Nc3ccc4ccccc4c3C3=C2C(=O)CC(C)(C)C3)cc1. The minimum atomic E-state index is -0.171. The summed E-state index contributed by atoms with van der Waals surface area (Å²) in [7, 11) is 8.16. The maximum Gasteiger partial charge on any atom is 0.162 e. The lowest BCUT2D eigenvalue weighted by Gasteiger charge is -2.40. The summed E-state index contributed by atoms with van der Waals surface area (Å²) in [6.07, 6.45) is 6.02. The van der Waals surface area contributed by atoms with Gasteiger partial charge in [0.2, 0.25) is 0 Å². The molecule has 0 radical (unpaired) electrons. The number of fused-ring (bicyclic) bond motifs is 16. The number of hydrogen-bond donors (Lipinski definition) is 4. The fourth-order valence-electron chi connectivity index (χ4n) is 20.3. The molecule has 121 heavy (non-hydrogen) atoms. The van der Waals surface area contributed by atoms with Crippen LogP contribution in [-0.2, 0) is 19.2 Å². The van der Waals surface area contributed by atoms with E-state index in [1.165, 1.54) is 93.2 Å². The van der Waals surface area contributed by atoms with Crippen molar-refractivity contribution in [2.24, 2.45) is 21.7 Å². The van der Waals surface area contributed by atoms with E-state index in [2.05, 4.69) is 363 Å². The number of aryl methyl sites for hydroxylation is 1. The van der Waals surface area contributed by atoms with E-state index in [-0.39, 0.29) is 69.0 Å². The van der Waals surface area contributed by atoms with Crippen LogP contribution in [0.25, 0.3) is 65.4 Å². The summed E-state index contributed by atoms with van der Waals surface area (Å²) < 4.78 is 8.13. The predicted octanol–water partition coefficient (Wildman–Crippen LogP) is 27.1. The first-order valence-electron chi connectivity index (χ1n) is 42.7. The first kappa shape index (κ1) is 82.4. The molecule has 614 valence electrons. The monoisotopic (exact) mass is 1770 g/mol. The number of carbonyl (C=O) groups is 4. The molecule has 20 rings (SSSR count). The molecule has 13 heteroatoms. The number of halogens is 2. The minimum absolute atomic E-state index is 0.0146. The lowest BCUT2D eigenvalue weighted by atomic mass is 9.68. The fraction of sp³-hybridized carbons (Fsp3) is 0.296. The van der Waals surface area contributed by atoms with Crippen LogP contribution in [0.5, 0.6) is 5.75 Å². The standard InChI is InChI=1S/C28H28INO2.C27H27BrN2O.C27H28N2O.C26H25NO/c1-5-32-24-13-18(12-21(29)16(24)2)27-26-20(14-28(3,4)15-23(26)31)25-19-9-7-6-8-17(19)10-11-22(25)30-27;1-27(2)14-19-24-18-8-6-5-7-16(18)9-11-21(24)29-26(25(19)23(31)15-27)17-10-12-22(30(3)4)20(28)13-17;1-27(2)15-21-24-20-8-6-5-7-17(20)11-14-22(24)28-26(25(21)23(30)16-27)18-9-12-19(13-10-18)29(3)4;1-16-8-10-18(11-9-16)25-24-20(14-26(2,3)15-22(24)28)23-19-7-5-4-6-17(19)12-13-21(23)27-25/h6-13,27,30H,5,14-15H2,1-4H3;5-13,26,29H,14-15H2,1-4H3;5-14,26,28H,15-16H2,1-4H3;4-13,25,27H,14-15H2,1-3H3. The first-order valence-corrected chi connectivity index (χ1v) is 44.6. The predicted molar refractivity (Wildman–Crippen MR) is 516 cm³/mol. The van der Waals surface area contributed by atoms with Crippen molar-refractivity contribution in [1.82, 2.24) is 0 Å². The molecule has 11 nitrogen and oxygen atoms in total. The van der Waals surface area contributed by atoms with E-state index in [1.54, 1.807) is 0 Å². The second kappa shape index (κ2) is 32.2. The molecule has 4 heterocycles. The summed E-state index contributed by atoms with van der Waals surface area (Å²) in [5.41, 5.74) is 27.0. The second-order valence-corrected chi connectivity index (χ2v) is 40.1. The van der Waals surface area contributed by atoms with Gasteiger partial charge < -0.3 is 35.8 Å². The Morgan fingerprint density at radius 3 is 1.01 bits per heavy atom. The van der Waals surface area contributed by atoms with E-state index in [9.17, 15) is 19.2 Å². The average Bonchev–Trinajstić information content (AvgIpc) is 0.743. The van der Waals surface area contributed by atoms with Crippen molar-refractivity contribution < 1.29 is 23.9 Å². The van der Waals surface area contributed by atoms with E-state index in [0.29, 0.717) is 32.3 Å². The lowest BCUT2D eigenvalue weighted by Crippen LogP contribution is -2.33. The van der Waals surface area contributed by atoms with Crippen LogP contribution >= 0.6 is 38.5 Å². The Morgan fingerprint density at radius 1 is 0.372 bits per heavy atom. The lowest BCUT2D eigenvalue weighted by molar-refractivity contribution is -0.118. The number of allylic oxidation sites excluding steroid dienone is 4. The molecule has 4 atom stereocenters. The highest BCUT2D eigenvalue weighted by atomic mass is 127. The Labute approximate surface area is 734 Å². The molecular weight excluding hydrogens is 1670 g/mol. The highest BCUT2D eigenvalue weighted by Crippen LogP contribution is 2.58. The van der Waals surface area contributed by atoms with Gasteiger partial charge >= 0.3 is 0 Å². The summed E-state index contributed by atoms with van der Waals surface area (Å²) in [5, 5.41) is 24.6. The number of rotatable bonds is 8. The van der Waals surface area contributed by atoms with E-state index < -0.39 is 0 Å². The number of hydrogen-bond acceptors (Lipinski definition) is 11. The molecule has 4 unspecified atom stereocenters. The Balaban J connectivity index is 0.000000115. The Hall–Kier alpha value is -10.9. The van der Waals surface area contributed by atoms with E-state index in [0.717, 1.165) is 124 Å². The van der Waals surface area contributed by atoms with Crippen molar-refractivity contribution >= 4 is 161 Å². The number of benzene rings is 12. The van der Waals surface area contributed by atoms with Gasteiger partial charge in [0, 0.05) is 140 Å². The van der Waals surface area contributed by atoms with Crippen LogP contribution in [0.4, 0.5) is 34.1 Å². The molecule has 0 fully saturated rings. The van der Waals surface area contributed by atoms with Crippen molar-refractivity contribution in [2.75, 3.05) is 65.9 Å². The maximum atomic E-state index is 13.6. The second-order valence-electron chi connectivity index (χ2n) is 38.0. The molecule has 0 saturated carbocycles. The number of nitrogens with one attached hydrogen (secondary N) is 4. The van der Waals surface area contributed by atoms with Crippen molar-refractivity contribution in [3.8, 4) is 5.75 Å². The van der Waals surface area contributed by atoms with E-state index in [4.69, 9.17) is 4.74 Å². The number of nitrogens with zero attached hydrogens (tertiary/aromatic N) is 2. The molecule has 4 aliphatic heterocycles. The molecule has 12 aromatic rings. The van der Waals surface area contributed by atoms with Crippen LogP contribution in [0.1, 0.15) is 193 Å². The highest BCUT2D eigenvalue weighted by molar-refractivity contribution is 14.1. The molecule has 4 aliphatic carbocycles. The molecule has 0 amide bonds. The van der Waals surface area contributed by atoms with Gasteiger partial charge in [-0.25, -0.2) is 0 Å². The number of carbonyl (C=O) groups excluding carboxylic acids is 4. The van der Waals surface area contributed by atoms with Crippen LogP contribution in [-0.4, -0.2) is 57.9 Å². The maximum absolute atomic E-state index is 13.6. The van der Waals surface area contributed by atoms with E-state index in [1.807, 2.05) is 35.1 Å². The van der Waals surface area contributed by atoms with Gasteiger partial charge in [-0.3, -0.25) is 19.2 Å². The van der Waals surface area contributed by atoms with Gasteiger partial charge in [0.15, 0.2) is 23.1 Å². The zero-order chi connectivity index (χ0) is 85.0. The summed E-state index contributed by atoms with van der Waals surface area (Å²) in [6.45, 7) is 24.5. The number of ether oxygens (including phenoxy) is 1. The third-order valence-electron chi connectivity index (χ3n) is 25.8. The third-order valence-corrected chi connectivity index (χ3v) is 27.6. The fourth-order valence-corrected chi connectivity index (χ4v) is 21.7. The molecule has 0 aromatic heterocycles. The normalized spacial score (nSPS) is 19.8. The van der Waals surface area contributed by atoms with Crippen molar-refractivity contribution in [3.63, 3.8) is 0 Å². The molecule has 4 N–H and O–H groups in total. The highest BCUT2D eigenvalue weighted by Gasteiger charge is 2.46. The van der Waals surface area contributed by atoms with Gasteiger partial charge in [-0.05, 0) is 255 Å². The number of Topliss-reactive ketones (excluding diaryl/α,β-unsaturated/α-hetero) is 4. The first-order chi connectivity index (χ1) is 57.8. The van der Waals surface area contributed by atoms with Crippen LogP contribution < -0.4 is 35.8 Å². The molecule has 0 saturated heterocycles. The largest absolute Gasteiger partial charge is 0.494 e. The van der Waals surface area contributed by atoms with Gasteiger partial charge in [-0.15, -0.1) is 0 Å². The Kier molecular flexibility index (Phi) is 21.9. The molecular formula is C108H108BrIN6O5. The molecule has 0 spiro atoms. The summed E-state index contributed by atoms with van der Waals surface area (Å²) in [4.78, 5) is 58.1. The summed E-state index contributed by atoms with van der Waals surface area (Å²) >= 11 is 6.10. The van der Waals surface area contributed by atoms with Gasteiger partial charge in [-0.2, -0.15) is 0 Å². The zero-order valence-corrected chi connectivity index (χ0v) is 76.0. The molecule has 8 aliphatic rings. The van der Waals surface area contributed by atoms with Gasteiger partial charge in [0.05, 0.1) is 36.5 Å². The Bertz CT molecular complexity index is 6410. The summed E-state index contributed by atoms with van der Waals surface area (Å²) in [5.74, 6) is 1.96. The zero-order valence-electron chi connectivity index (χ0n) is 72.2. The van der Waals surface area contributed by atoms with Gasteiger partial charge in [0.25, 0.3) is 0 Å². The topological polar surface area (TPSA) is 132 Å². The van der Waals surface area contributed by atoms with Crippen molar-refractivity contribution in [2.45, 2.75) is 152 Å². The van der Waals surface area contributed by atoms with Crippen LogP contribution in [0, 0.1) is 39.1 Å². The average molecular weight is 1780 g/mol. The van der Waals surface area contributed by atoms with Crippen LogP contribution in [0.3, 0.4) is 0 Å². The number of anilines is 6. The molecule has 0 bridgehead atoms. The van der Waals surface area contributed by atoms with Gasteiger partial charge in [0.1, 0.15) is 5.75 Å². The van der Waals surface area contributed by atoms with Crippen molar-refractivity contribution in [3.05, 3.63) is 310 Å².